The van der Waals surface area contributed by atoms with Gasteiger partial charge in [-0.05, 0) is 80.7 Å². The molecule has 55 heavy (non-hydrogen) atoms. The number of amides is 1. The molecule has 3 aliphatic rings. The number of aromatic nitrogens is 2. The molecule has 6 rings (SSSR count). The van der Waals surface area contributed by atoms with Gasteiger partial charge in [0.25, 0.3) is 0 Å². The van der Waals surface area contributed by atoms with Crippen molar-refractivity contribution in [3.8, 4) is 0 Å². The minimum Gasteiger partial charge on any atom is -0.463 e. The number of morpholine rings is 1. The number of rotatable bonds is 10. The van der Waals surface area contributed by atoms with Crippen molar-refractivity contribution >= 4 is 23.5 Å². The zero-order valence-electron chi connectivity index (χ0n) is 31.0. The molecule has 9 nitrogen and oxygen atoms in total. The zero-order chi connectivity index (χ0) is 39.3. The molecule has 1 aromatic heterocycles. The Morgan fingerprint density at radius 3 is 2.02 bits per heavy atom. The molecule has 0 bridgehead atoms. The molecule has 1 amide bonds. The van der Waals surface area contributed by atoms with E-state index in [1.165, 1.54) is 6.92 Å². The van der Waals surface area contributed by atoms with Crippen LogP contribution in [-0.4, -0.2) is 77.3 Å². The molecule has 1 saturated carbocycles. The molecule has 3 fully saturated rings. The van der Waals surface area contributed by atoms with Crippen LogP contribution in [0.4, 0.5) is 38.0 Å². The van der Waals surface area contributed by atoms with Crippen LogP contribution in [0.15, 0.2) is 60.9 Å². The minimum atomic E-state index is -5.01. The minimum absolute atomic E-state index is 0.0119. The first-order valence-corrected chi connectivity index (χ1v) is 18.9. The smallest absolute Gasteiger partial charge is 0.416 e. The van der Waals surface area contributed by atoms with Crippen LogP contribution in [-0.2, 0) is 44.4 Å². The van der Waals surface area contributed by atoms with Gasteiger partial charge in [0, 0.05) is 50.6 Å². The van der Waals surface area contributed by atoms with Crippen LogP contribution in [0, 0.1) is 5.92 Å². The first-order chi connectivity index (χ1) is 26.2. The summed E-state index contributed by atoms with van der Waals surface area (Å²) in [5.41, 5.74) is -1.25. The summed E-state index contributed by atoms with van der Waals surface area (Å²) in [5, 5.41) is 0. The predicted molar refractivity (Wildman–Crippen MR) is 193 cm³/mol. The maximum Gasteiger partial charge on any atom is 0.416 e. The van der Waals surface area contributed by atoms with Crippen LogP contribution in [0.25, 0.3) is 0 Å². The predicted octanol–water partition coefficient (Wildman–Crippen LogP) is 7.86. The molecular formula is C40H47F6N5O4. The van der Waals surface area contributed by atoms with Gasteiger partial charge in [0.2, 0.25) is 11.9 Å². The number of nitrogens with zero attached hydrogens (tertiary/aromatic N) is 5. The van der Waals surface area contributed by atoms with Crippen LogP contribution in [0.1, 0.15) is 81.0 Å². The summed E-state index contributed by atoms with van der Waals surface area (Å²) < 4.78 is 94.9. The number of ether oxygens (including phenoxy) is 2. The highest BCUT2D eigenvalue weighted by Crippen LogP contribution is 2.39. The molecule has 3 heterocycles. The third-order valence-corrected chi connectivity index (χ3v) is 11.0. The lowest BCUT2D eigenvalue weighted by Crippen LogP contribution is -2.59. The maximum atomic E-state index is 14.5. The van der Waals surface area contributed by atoms with Gasteiger partial charge in [-0.3, -0.25) is 9.59 Å². The molecule has 0 radical (unpaired) electrons. The van der Waals surface area contributed by atoms with E-state index >= 15 is 0 Å². The average molecular weight is 776 g/mol. The molecule has 2 aromatic carbocycles. The van der Waals surface area contributed by atoms with Crippen molar-refractivity contribution in [2.75, 3.05) is 36.1 Å². The summed E-state index contributed by atoms with van der Waals surface area (Å²) in [4.78, 5) is 41.1. The van der Waals surface area contributed by atoms with Crippen LogP contribution in [0.3, 0.4) is 0 Å². The third-order valence-electron chi connectivity index (χ3n) is 11.0. The number of hydrogen-bond donors (Lipinski definition) is 0. The van der Waals surface area contributed by atoms with E-state index in [1.807, 2.05) is 47.1 Å². The van der Waals surface area contributed by atoms with Crippen molar-refractivity contribution in [3.05, 3.63) is 83.2 Å². The van der Waals surface area contributed by atoms with Gasteiger partial charge in [-0.15, -0.1) is 0 Å². The molecule has 1 unspecified atom stereocenters. The van der Waals surface area contributed by atoms with E-state index < -0.39 is 29.5 Å². The topological polar surface area (TPSA) is 88.1 Å². The van der Waals surface area contributed by atoms with Gasteiger partial charge in [-0.1, -0.05) is 37.3 Å². The van der Waals surface area contributed by atoms with E-state index in [4.69, 9.17) is 9.47 Å². The highest BCUT2D eigenvalue weighted by Gasteiger charge is 2.44. The van der Waals surface area contributed by atoms with E-state index in [0.29, 0.717) is 77.7 Å². The number of carbonyl (C=O) groups is 2. The van der Waals surface area contributed by atoms with E-state index in [1.54, 1.807) is 17.3 Å². The number of alkyl halides is 6. The van der Waals surface area contributed by atoms with Gasteiger partial charge in [-0.25, -0.2) is 9.97 Å². The van der Waals surface area contributed by atoms with Gasteiger partial charge in [0.05, 0.1) is 42.4 Å². The van der Waals surface area contributed by atoms with Crippen LogP contribution < -0.4 is 9.80 Å². The zero-order valence-corrected chi connectivity index (χ0v) is 31.0. The van der Waals surface area contributed by atoms with Crippen LogP contribution >= 0.6 is 0 Å². The van der Waals surface area contributed by atoms with Crippen molar-refractivity contribution in [2.45, 2.75) is 108 Å². The first-order valence-electron chi connectivity index (χ1n) is 18.9. The number of anilines is 2. The fourth-order valence-electron chi connectivity index (χ4n) is 8.29. The number of esters is 1. The summed E-state index contributed by atoms with van der Waals surface area (Å²) >= 11 is 0. The fraction of sp³-hybridized carbons (Fsp3) is 0.550. The van der Waals surface area contributed by atoms with Crippen LogP contribution in [0.2, 0.25) is 0 Å². The van der Waals surface area contributed by atoms with Crippen molar-refractivity contribution < 1.29 is 45.4 Å². The Morgan fingerprint density at radius 2 is 1.45 bits per heavy atom. The molecule has 2 aliphatic heterocycles. The van der Waals surface area contributed by atoms with Gasteiger partial charge in [0.15, 0.2) is 0 Å². The Hall–Kier alpha value is -4.40. The summed E-state index contributed by atoms with van der Waals surface area (Å²) in [6.45, 7) is 5.31. The number of benzene rings is 2. The molecule has 298 valence electrons. The van der Waals surface area contributed by atoms with E-state index in [2.05, 4.69) is 9.97 Å². The van der Waals surface area contributed by atoms with Crippen molar-refractivity contribution in [1.82, 2.24) is 14.9 Å². The SMILES string of the molecule is CCC1C[C@H](N(Cc2cc(C(F)(F)F)cc(C(F)(F)F)c2)c2ncc(N3CCOCC3)cn2)C[C@H](Cc2ccccc2)N1C(=O)C1CCC(OC(C)=O)CC1. The first kappa shape index (κ1) is 40.3. The van der Waals surface area contributed by atoms with E-state index in [9.17, 15) is 35.9 Å². The second-order valence-electron chi connectivity index (χ2n) is 14.7. The fourth-order valence-corrected chi connectivity index (χ4v) is 8.29. The Morgan fingerprint density at radius 1 is 0.855 bits per heavy atom. The Kier molecular flexibility index (Phi) is 12.6. The number of carbonyl (C=O) groups excluding carboxylic acids is 2. The molecule has 2 saturated heterocycles. The monoisotopic (exact) mass is 775 g/mol. The summed E-state index contributed by atoms with van der Waals surface area (Å²) in [6, 6.07) is 10.3. The van der Waals surface area contributed by atoms with Gasteiger partial charge in [0.1, 0.15) is 6.10 Å². The molecule has 0 spiro atoms. The highest BCUT2D eigenvalue weighted by atomic mass is 19.4. The maximum absolute atomic E-state index is 14.5. The lowest BCUT2D eigenvalue weighted by Gasteiger charge is -2.49. The molecule has 0 N–H and O–H groups in total. The third kappa shape index (κ3) is 10.1. The second kappa shape index (κ2) is 17.2. The molecular weight excluding hydrogens is 728 g/mol. The molecule has 15 heteroatoms. The number of likely N-dealkylation sites (tertiary alicyclic amines) is 1. The van der Waals surface area contributed by atoms with Gasteiger partial charge in [-0.2, -0.15) is 26.3 Å². The Bertz CT molecular complexity index is 1710. The van der Waals surface area contributed by atoms with Gasteiger partial charge >= 0.3 is 18.3 Å². The standard InChI is InChI=1S/C40H47F6N5O4/c1-3-32-21-33(22-34(19-27-7-5-4-6-8-27)51(32)37(53)29-9-11-36(12-10-29)55-26(2)52)50(38-47-23-35(24-48-38)49-13-15-54-16-14-49)25-28-17-30(39(41,42)43)20-31(18-28)40(44,45)46/h4-8,17-18,20,23-24,29,32-34,36H,3,9-16,19,21-22,25H2,1-2H3/t29?,32?,33-,34-,36?/m0/s1. The van der Waals surface area contributed by atoms with Crippen LogP contribution in [0.5, 0.6) is 0 Å². The summed E-state index contributed by atoms with van der Waals surface area (Å²) in [7, 11) is 0. The van der Waals surface area contributed by atoms with Gasteiger partial charge < -0.3 is 24.2 Å². The van der Waals surface area contributed by atoms with E-state index in [0.717, 1.165) is 23.4 Å². The average Bonchev–Trinajstić information content (AvgIpc) is 3.16. The second-order valence-corrected chi connectivity index (χ2v) is 14.7. The van der Waals surface area contributed by atoms with E-state index in [-0.39, 0.29) is 60.1 Å². The highest BCUT2D eigenvalue weighted by molar-refractivity contribution is 5.80. The number of piperidine rings is 1. The molecule has 3 atom stereocenters. The van der Waals surface area contributed by atoms with Crippen molar-refractivity contribution in [1.29, 1.82) is 0 Å². The summed E-state index contributed by atoms with van der Waals surface area (Å²) in [5.74, 6) is -0.439. The molecule has 1 aliphatic carbocycles. The largest absolute Gasteiger partial charge is 0.463 e. The number of hydrogen-bond acceptors (Lipinski definition) is 8. The quantitative estimate of drug-likeness (QED) is 0.152. The van der Waals surface area contributed by atoms with Crippen molar-refractivity contribution in [3.63, 3.8) is 0 Å². The van der Waals surface area contributed by atoms with Crippen molar-refractivity contribution in [2.24, 2.45) is 5.92 Å². The molecule has 3 aromatic rings. The Labute approximate surface area is 317 Å². The Balaban J connectivity index is 1.36. The lowest BCUT2D eigenvalue weighted by molar-refractivity contribution is -0.151. The lowest BCUT2D eigenvalue weighted by atomic mass is 9.81. The summed E-state index contributed by atoms with van der Waals surface area (Å²) in [6.07, 6.45) is -2.86. The number of halogens is 6. The normalized spacial score (nSPS) is 23.7.